The van der Waals surface area contributed by atoms with Gasteiger partial charge in [0.05, 0.1) is 24.9 Å². The van der Waals surface area contributed by atoms with Crippen molar-refractivity contribution in [3.8, 4) is 10.4 Å². The Bertz CT molecular complexity index is 817. The lowest BCUT2D eigenvalue weighted by molar-refractivity contribution is 0.138. The van der Waals surface area contributed by atoms with Crippen LogP contribution in [-0.4, -0.2) is 22.8 Å². The highest BCUT2D eigenvalue weighted by atomic mass is 32.1. The molecule has 0 spiro atoms. The van der Waals surface area contributed by atoms with Crippen molar-refractivity contribution in [3.63, 3.8) is 0 Å². The second kappa shape index (κ2) is 6.09. The van der Waals surface area contributed by atoms with E-state index in [2.05, 4.69) is 24.0 Å². The van der Waals surface area contributed by atoms with Crippen LogP contribution < -0.4 is 5.56 Å². The highest BCUT2D eigenvalue weighted by Gasteiger charge is 2.14. The second-order valence-electron chi connectivity index (χ2n) is 4.68. The Hall–Kier alpha value is -1.50. The fraction of sp³-hybridized carbons (Fsp3) is 0.333. The van der Waals surface area contributed by atoms with Crippen LogP contribution in [0.4, 0.5) is 0 Å². The van der Waals surface area contributed by atoms with Gasteiger partial charge in [0.15, 0.2) is 0 Å². The Labute approximate surface area is 130 Å². The van der Waals surface area contributed by atoms with E-state index < -0.39 is 0 Å². The first-order chi connectivity index (χ1) is 10.2. The number of fused-ring (bicyclic) bond motifs is 1. The molecule has 21 heavy (non-hydrogen) atoms. The van der Waals surface area contributed by atoms with E-state index in [4.69, 9.17) is 4.74 Å². The van der Waals surface area contributed by atoms with Crippen LogP contribution in [0.3, 0.4) is 0 Å². The van der Waals surface area contributed by atoms with E-state index >= 15 is 0 Å². The number of hydrogen-bond donors (Lipinski definition) is 0. The molecule has 3 aromatic heterocycles. The van der Waals surface area contributed by atoms with Crippen molar-refractivity contribution < 1.29 is 4.74 Å². The Morgan fingerprint density at radius 2 is 2.24 bits per heavy atom. The molecule has 0 radical (unpaired) electrons. The van der Waals surface area contributed by atoms with E-state index in [1.54, 1.807) is 22.2 Å². The molecule has 0 N–H and O–H groups in total. The van der Waals surface area contributed by atoms with Gasteiger partial charge in [0, 0.05) is 27.3 Å². The van der Waals surface area contributed by atoms with E-state index in [1.165, 1.54) is 16.2 Å². The maximum Gasteiger partial charge on any atom is 0.262 e. The summed E-state index contributed by atoms with van der Waals surface area (Å²) in [5.41, 5.74) is 1.01. The van der Waals surface area contributed by atoms with Gasteiger partial charge in [-0.2, -0.15) is 0 Å². The molecular formula is C15H16N2O2S2. The van der Waals surface area contributed by atoms with Gasteiger partial charge in [-0.3, -0.25) is 9.36 Å². The minimum Gasteiger partial charge on any atom is -0.380 e. The van der Waals surface area contributed by atoms with Gasteiger partial charge in [-0.1, -0.05) is 0 Å². The molecule has 0 bridgehead atoms. The molecule has 0 saturated heterocycles. The van der Waals surface area contributed by atoms with Crippen molar-refractivity contribution in [1.82, 2.24) is 9.55 Å². The third-order valence-corrected chi connectivity index (χ3v) is 5.17. The number of hydrogen-bond acceptors (Lipinski definition) is 5. The van der Waals surface area contributed by atoms with Gasteiger partial charge in [-0.25, -0.2) is 4.98 Å². The van der Waals surface area contributed by atoms with Crippen LogP contribution in [0.5, 0.6) is 0 Å². The zero-order valence-corrected chi connectivity index (χ0v) is 13.6. The molecule has 3 rings (SSSR count). The minimum atomic E-state index is 0.0157. The highest BCUT2D eigenvalue weighted by Crippen LogP contribution is 2.34. The summed E-state index contributed by atoms with van der Waals surface area (Å²) in [4.78, 5) is 20.2. The van der Waals surface area contributed by atoms with Crippen molar-refractivity contribution in [3.05, 3.63) is 39.1 Å². The Balaban J connectivity index is 2.07. The summed E-state index contributed by atoms with van der Waals surface area (Å²) in [6.07, 6.45) is 1.61. The summed E-state index contributed by atoms with van der Waals surface area (Å²) in [5, 5.41) is 2.75. The zero-order valence-electron chi connectivity index (χ0n) is 12.0. The summed E-state index contributed by atoms with van der Waals surface area (Å²) >= 11 is 3.22. The standard InChI is InChI=1S/C15H16N2O2S2/c1-3-19-7-6-17-9-16-14-13(15(17)18)11(8-20-14)12-5-4-10(2)21-12/h4-5,8-9H,3,6-7H2,1-2H3. The molecule has 0 atom stereocenters. The van der Waals surface area contributed by atoms with Crippen LogP contribution in [0.1, 0.15) is 11.8 Å². The molecule has 0 amide bonds. The SMILES string of the molecule is CCOCCn1cnc2scc(-c3ccc(C)s3)c2c1=O. The molecular weight excluding hydrogens is 304 g/mol. The van der Waals surface area contributed by atoms with E-state index in [-0.39, 0.29) is 5.56 Å². The van der Waals surface area contributed by atoms with Gasteiger partial charge >= 0.3 is 0 Å². The van der Waals surface area contributed by atoms with Crippen LogP contribution in [0, 0.1) is 6.92 Å². The zero-order chi connectivity index (χ0) is 14.8. The lowest BCUT2D eigenvalue weighted by atomic mass is 10.2. The highest BCUT2D eigenvalue weighted by molar-refractivity contribution is 7.19. The van der Waals surface area contributed by atoms with Crippen molar-refractivity contribution in [2.45, 2.75) is 20.4 Å². The van der Waals surface area contributed by atoms with Gasteiger partial charge < -0.3 is 4.74 Å². The molecule has 4 nitrogen and oxygen atoms in total. The van der Waals surface area contributed by atoms with Crippen LogP contribution in [0.25, 0.3) is 20.7 Å². The van der Waals surface area contributed by atoms with Gasteiger partial charge in [0.2, 0.25) is 0 Å². The van der Waals surface area contributed by atoms with Gasteiger partial charge in [-0.05, 0) is 26.0 Å². The molecule has 0 fully saturated rings. The van der Waals surface area contributed by atoms with E-state index in [9.17, 15) is 4.79 Å². The maximum atomic E-state index is 12.7. The number of aromatic nitrogens is 2. The number of ether oxygens (including phenoxy) is 1. The molecule has 0 aliphatic heterocycles. The summed E-state index contributed by atoms with van der Waals surface area (Å²) in [6.45, 7) is 5.74. The van der Waals surface area contributed by atoms with E-state index in [0.29, 0.717) is 19.8 Å². The monoisotopic (exact) mass is 320 g/mol. The summed E-state index contributed by atoms with van der Waals surface area (Å²) < 4.78 is 6.95. The summed E-state index contributed by atoms with van der Waals surface area (Å²) in [6, 6.07) is 4.14. The largest absolute Gasteiger partial charge is 0.380 e. The molecule has 0 aliphatic rings. The lowest BCUT2D eigenvalue weighted by Gasteiger charge is -2.05. The van der Waals surface area contributed by atoms with Crippen molar-refractivity contribution in [2.75, 3.05) is 13.2 Å². The molecule has 0 aliphatic carbocycles. The molecule has 110 valence electrons. The summed E-state index contributed by atoms with van der Waals surface area (Å²) in [5.74, 6) is 0. The molecule has 0 aromatic carbocycles. The Morgan fingerprint density at radius 3 is 2.95 bits per heavy atom. The van der Waals surface area contributed by atoms with Crippen molar-refractivity contribution in [1.29, 1.82) is 0 Å². The fourth-order valence-corrected chi connectivity index (χ4v) is 4.06. The molecule has 3 aromatic rings. The molecule has 0 unspecified atom stereocenters. The van der Waals surface area contributed by atoms with E-state index in [1.807, 2.05) is 12.3 Å². The molecule has 6 heteroatoms. The average molecular weight is 320 g/mol. The smallest absolute Gasteiger partial charge is 0.262 e. The van der Waals surface area contributed by atoms with Crippen molar-refractivity contribution in [2.24, 2.45) is 0 Å². The van der Waals surface area contributed by atoms with Gasteiger partial charge in [-0.15, -0.1) is 22.7 Å². The summed E-state index contributed by atoms with van der Waals surface area (Å²) in [7, 11) is 0. The minimum absolute atomic E-state index is 0.0157. The van der Waals surface area contributed by atoms with Crippen molar-refractivity contribution >= 4 is 32.9 Å². The van der Waals surface area contributed by atoms with Gasteiger partial charge in [0.25, 0.3) is 5.56 Å². The normalized spacial score (nSPS) is 11.3. The van der Waals surface area contributed by atoms with Crippen LogP contribution >= 0.6 is 22.7 Å². The van der Waals surface area contributed by atoms with Gasteiger partial charge in [0.1, 0.15) is 4.83 Å². The first-order valence-electron chi connectivity index (χ1n) is 6.82. The first-order valence-corrected chi connectivity index (χ1v) is 8.51. The number of aryl methyl sites for hydroxylation is 1. The molecule has 3 heterocycles. The second-order valence-corrected chi connectivity index (χ2v) is 6.83. The number of nitrogens with zero attached hydrogens (tertiary/aromatic N) is 2. The Kier molecular flexibility index (Phi) is 4.19. The Morgan fingerprint density at radius 1 is 1.38 bits per heavy atom. The number of thiophene rings is 2. The van der Waals surface area contributed by atoms with E-state index in [0.717, 1.165) is 20.7 Å². The third kappa shape index (κ3) is 2.79. The predicted octanol–water partition coefficient (Wildman–Crippen LogP) is 3.53. The third-order valence-electron chi connectivity index (χ3n) is 3.25. The molecule has 0 saturated carbocycles. The lowest BCUT2D eigenvalue weighted by Crippen LogP contribution is -2.22. The van der Waals surface area contributed by atoms with Crippen LogP contribution in [-0.2, 0) is 11.3 Å². The quantitative estimate of drug-likeness (QED) is 0.676. The first kappa shape index (κ1) is 14.4. The van der Waals surface area contributed by atoms with Crippen LogP contribution in [0.15, 0.2) is 28.6 Å². The topological polar surface area (TPSA) is 44.1 Å². The number of rotatable bonds is 5. The predicted molar refractivity (Wildman–Crippen MR) is 88.4 cm³/mol. The fourth-order valence-electron chi connectivity index (χ4n) is 2.19. The maximum absolute atomic E-state index is 12.7. The average Bonchev–Trinajstić information content (AvgIpc) is 3.08. The van der Waals surface area contributed by atoms with Crippen LogP contribution in [0.2, 0.25) is 0 Å².